The number of urea groups is 1. The summed E-state index contributed by atoms with van der Waals surface area (Å²) in [6, 6.07) is 15.7. The van der Waals surface area contributed by atoms with Crippen molar-refractivity contribution >= 4 is 17.4 Å². The summed E-state index contributed by atoms with van der Waals surface area (Å²) in [5, 5.41) is 12.2. The highest BCUT2D eigenvalue weighted by atomic mass is 16.2. The number of aryl methyl sites for hydroxylation is 2. The number of nitriles is 1. The molecule has 0 aliphatic carbocycles. The van der Waals surface area contributed by atoms with E-state index in [0.717, 1.165) is 30.0 Å². The number of carbonyl (C=O) groups is 1. The summed E-state index contributed by atoms with van der Waals surface area (Å²) in [6.45, 7) is 6.81. The highest BCUT2D eigenvalue weighted by molar-refractivity contribution is 5.89. The Bertz CT molecular complexity index is 817. The number of nitrogens with zero attached hydrogens (tertiary/aromatic N) is 3. The van der Waals surface area contributed by atoms with Crippen LogP contribution in [0.25, 0.3) is 0 Å². The molecule has 0 aromatic heterocycles. The maximum Gasteiger partial charge on any atom is 0.321 e. The quantitative estimate of drug-likeness (QED) is 0.914. The van der Waals surface area contributed by atoms with E-state index in [1.54, 1.807) is 0 Å². The van der Waals surface area contributed by atoms with Gasteiger partial charge in [-0.3, -0.25) is 0 Å². The molecule has 0 saturated carbocycles. The molecule has 0 radical (unpaired) electrons. The summed E-state index contributed by atoms with van der Waals surface area (Å²) in [5.41, 5.74) is 4.82. The first kappa shape index (κ1) is 16.8. The van der Waals surface area contributed by atoms with Gasteiger partial charge in [0.15, 0.2) is 0 Å². The standard InChI is InChI=1S/C20H22N4O/c1-15-7-8-18(13-16(15)2)22-20(25)24-11-9-23(10-12-24)19-6-4-3-5-17(19)14-21/h3-8,13H,9-12H2,1-2H3,(H,22,25). The minimum atomic E-state index is -0.0727. The second kappa shape index (κ2) is 7.27. The van der Waals surface area contributed by atoms with Crippen molar-refractivity contribution in [2.75, 3.05) is 36.4 Å². The number of hydrogen-bond donors (Lipinski definition) is 1. The Kier molecular flexibility index (Phi) is 4.90. The molecule has 1 fully saturated rings. The minimum Gasteiger partial charge on any atom is -0.367 e. The van der Waals surface area contributed by atoms with Crippen LogP contribution >= 0.6 is 0 Å². The fourth-order valence-electron chi connectivity index (χ4n) is 3.02. The Morgan fingerprint density at radius 3 is 2.44 bits per heavy atom. The fraction of sp³-hybridized carbons (Fsp3) is 0.300. The number of nitrogens with one attached hydrogen (secondary N) is 1. The number of benzene rings is 2. The van der Waals surface area contributed by atoms with Crippen molar-refractivity contribution in [1.82, 2.24) is 4.90 Å². The molecule has 1 N–H and O–H groups in total. The third-order valence-electron chi connectivity index (χ3n) is 4.69. The maximum absolute atomic E-state index is 12.5. The first-order chi connectivity index (χ1) is 12.1. The van der Waals surface area contributed by atoms with Gasteiger partial charge in [-0.1, -0.05) is 18.2 Å². The third-order valence-corrected chi connectivity index (χ3v) is 4.69. The third kappa shape index (κ3) is 3.74. The van der Waals surface area contributed by atoms with Crippen LogP contribution in [-0.2, 0) is 0 Å². The Labute approximate surface area is 148 Å². The predicted octanol–water partition coefficient (Wildman–Crippen LogP) is 3.53. The van der Waals surface area contributed by atoms with Gasteiger partial charge in [-0.25, -0.2) is 4.79 Å². The van der Waals surface area contributed by atoms with E-state index in [4.69, 9.17) is 0 Å². The Morgan fingerprint density at radius 2 is 1.76 bits per heavy atom. The van der Waals surface area contributed by atoms with Gasteiger partial charge in [0, 0.05) is 31.9 Å². The molecular formula is C20H22N4O. The van der Waals surface area contributed by atoms with Gasteiger partial charge in [0.25, 0.3) is 0 Å². The van der Waals surface area contributed by atoms with Crippen LogP contribution in [0.1, 0.15) is 16.7 Å². The fourth-order valence-corrected chi connectivity index (χ4v) is 3.02. The van der Waals surface area contributed by atoms with Crippen molar-refractivity contribution in [3.05, 3.63) is 59.2 Å². The van der Waals surface area contributed by atoms with Crippen LogP contribution in [0.4, 0.5) is 16.2 Å². The molecule has 1 saturated heterocycles. The first-order valence-corrected chi connectivity index (χ1v) is 8.46. The van der Waals surface area contributed by atoms with Crippen LogP contribution < -0.4 is 10.2 Å². The normalized spacial score (nSPS) is 14.1. The van der Waals surface area contributed by atoms with Crippen molar-refractivity contribution in [3.63, 3.8) is 0 Å². The van der Waals surface area contributed by atoms with Gasteiger partial charge in [0.1, 0.15) is 6.07 Å². The molecule has 5 nitrogen and oxygen atoms in total. The number of amides is 2. The summed E-state index contributed by atoms with van der Waals surface area (Å²) in [5.74, 6) is 0. The molecule has 1 aliphatic rings. The second-order valence-electron chi connectivity index (χ2n) is 6.33. The monoisotopic (exact) mass is 334 g/mol. The van der Waals surface area contributed by atoms with E-state index in [0.29, 0.717) is 18.7 Å². The van der Waals surface area contributed by atoms with Crippen LogP contribution in [0.2, 0.25) is 0 Å². The van der Waals surface area contributed by atoms with E-state index in [2.05, 4.69) is 23.2 Å². The maximum atomic E-state index is 12.5. The van der Waals surface area contributed by atoms with Crippen LogP contribution in [0.5, 0.6) is 0 Å². The number of carbonyl (C=O) groups excluding carboxylic acids is 1. The van der Waals surface area contributed by atoms with Crippen molar-refractivity contribution in [3.8, 4) is 6.07 Å². The van der Waals surface area contributed by atoms with E-state index in [1.165, 1.54) is 5.56 Å². The zero-order valence-corrected chi connectivity index (χ0v) is 14.6. The molecule has 0 atom stereocenters. The summed E-state index contributed by atoms with van der Waals surface area (Å²) >= 11 is 0. The number of piperazine rings is 1. The lowest BCUT2D eigenvalue weighted by Crippen LogP contribution is -2.50. The second-order valence-corrected chi connectivity index (χ2v) is 6.33. The molecule has 128 valence electrons. The summed E-state index contributed by atoms with van der Waals surface area (Å²) in [6.07, 6.45) is 0. The highest BCUT2D eigenvalue weighted by Gasteiger charge is 2.22. The van der Waals surface area contributed by atoms with Crippen molar-refractivity contribution in [2.24, 2.45) is 0 Å². The van der Waals surface area contributed by atoms with Gasteiger partial charge in [-0.15, -0.1) is 0 Å². The number of anilines is 2. The lowest BCUT2D eigenvalue weighted by molar-refractivity contribution is 0.208. The van der Waals surface area contributed by atoms with Crippen molar-refractivity contribution in [2.45, 2.75) is 13.8 Å². The van der Waals surface area contributed by atoms with Crippen LogP contribution in [0.15, 0.2) is 42.5 Å². The minimum absolute atomic E-state index is 0.0727. The number of rotatable bonds is 2. The molecule has 0 bridgehead atoms. The molecule has 2 aromatic rings. The van der Waals surface area contributed by atoms with Crippen molar-refractivity contribution < 1.29 is 4.79 Å². The molecule has 2 amide bonds. The van der Waals surface area contributed by atoms with Gasteiger partial charge in [-0.05, 0) is 49.2 Å². The topological polar surface area (TPSA) is 59.4 Å². The Balaban J connectivity index is 1.61. The first-order valence-electron chi connectivity index (χ1n) is 8.46. The molecule has 2 aromatic carbocycles. The number of para-hydroxylation sites is 1. The highest BCUT2D eigenvalue weighted by Crippen LogP contribution is 2.21. The average Bonchev–Trinajstić information content (AvgIpc) is 2.65. The average molecular weight is 334 g/mol. The smallest absolute Gasteiger partial charge is 0.321 e. The largest absolute Gasteiger partial charge is 0.367 e. The van der Waals surface area contributed by atoms with E-state index >= 15 is 0 Å². The van der Waals surface area contributed by atoms with Gasteiger partial charge in [0.2, 0.25) is 0 Å². The zero-order valence-electron chi connectivity index (χ0n) is 14.6. The molecular weight excluding hydrogens is 312 g/mol. The molecule has 1 heterocycles. The van der Waals surface area contributed by atoms with Crippen molar-refractivity contribution in [1.29, 1.82) is 5.26 Å². The predicted molar refractivity (Wildman–Crippen MR) is 99.9 cm³/mol. The zero-order chi connectivity index (χ0) is 17.8. The summed E-state index contributed by atoms with van der Waals surface area (Å²) < 4.78 is 0. The van der Waals surface area contributed by atoms with E-state index in [-0.39, 0.29) is 6.03 Å². The lowest BCUT2D eigenvalue weighted by Gasteiger charge is -2.36. The Morgan fingerprint density at radius 1 is 1.04 bits per heavy atom. The summed E-state index contributed by atoms with van der Waals surface area (Å²) in [4.78, 5) is 16.5. The molecule has 5 heteroatoms. The van der Waals surface area contributed by atoms with Gasteiger partial charge < -0.3 is 15.1 Å². The summed E-state index contributed by atoms with van der Waals surface area (Å²) in [7, 11) is 0. The Hall–Kier alpha value is -3.00. The van der Waals surface area contributed by atoms with Gasteiger partial charge >= 0.3 is 6.03 Å². The van der Waals surface area contributed by atoms with E-state index in [9.17, 15) is 10.1 Å². The van der Waals surface area contributed by atoms with Gasteiger partial charge in [0.05, 0.1) is 11.3 Å². The van der Waals surface area contributed by atoms with Gasteiger partial charge in [-0.2, -0.15) is 5.26 Å². The molecule has 25 heavy (non-hydrogen) atoms. The molecule has 0 unspecified atom stereocenters. The molecule has 1 aliphatic heterocycles. The van der Waals surface area contributed by atoms with Crippen LogP contribution in [0, 0.1) is 25.2 Å². The molecule has 0 spiro atoms. The SMILES string of the molecule is Cc1ccc(NC(=O)N2CCN(c3ccccc3C#N)CC2)cc1C. The number of hydrogen-bond acceptors (Lipinski definition) is 3. The van der Waals surface area contributed by atoms with Crippen LogP contribution in [0.3, 0.4) is 0 Å². The van der Waals surface area contributed by atoms with E-state index < -0.39 is 0 Å². The molecule has 3 rings (SSSR count). The lowest BCUT2D eigenvalue weighted by atomic mass is 10.1. The van der Waals surface area contributed by atoms with Crippen LogP contribution in [-0.4, -0.2) is 37.1 Å². The van der Waals surface area contributed by atoms with E-state index in [1.807, 2.05) is 54.3 Å².